The average Bonchev–Trinajstić information content (AvgIpc) is 3.72. The van der Waals surface area contributed by atoms with Crippen molar-refractivity contribution in [3.05, 3.63) is 93.6 Å². The number of carboxylic acid groups (broad SMARTS) is 1. The van der Waals surface area contributed by atoms with E-state index in [0.717, 1.165) is 47.8 Å². The maximum Gasteiger partial charge on any atom is 0.421 e. The van der Waals surface area contributed by atoms with Crippen LogP contribution >= 0.6 is 11.6 Å². The fraction of sp³-hybridized carbons (Fsp3) is 0.415. The number of allylic oxidation sites excluding steroid dienone is 3. The Morgan fingerprint density at radius 2 is 1.82 bits per heavy atom. The molecule has 3 N–H and O–H groups in total. The van der Waals surface area contributed by atoms with E-state index in [1.807, 2.05) is 37.3 Å². The summed E-state index contributed by atoms with van der Waals surface area (Å²) in [7, 11) is 2.86. The molecule has 1 amide bonds. The second-order valence-electron chi connectivity index (χ2n) is 14.9. The number of carbonyl (C=O) groups excluding carboxylic acids is 1. The van der Waals surface area contributed by atoms with Gasteiger partial charge in [-0.25, -0.2) is 4.98 Å². The third-order valence-corrected chi connectivity index (χ3v) is 11.6. The zero-order valence-electron chi connectivity index (χ0n) is 31.3. The Bertz CT molecular complexity index is 2140. The Labute approximate surface area is 327 Å². The molecule has 1 aromatic carbocycles. The van der Waals surface area contributed by atoms with Crippen LogP contribution in [-0.2, 0) is 28.9 Å². The lowest BCUT2D eigenvalue weighted by Crippen LogP contribution is -2.66. The number of carbonyl (C=O) groups is 2. The summed E-state index contributed by atoms with van der Waals surface area (Å²) < 4.78 is 60.6. The highest BCUT2D eigenvalue weighted by Crippen LogP contribution is 2.45. The molecule has 1 atom stereocenters. The average molecular weight is 794 g/mol. The van der Waals surface area contributed by atoms with Gasteiger partial charge in [-0.1, -0.05) is 54.6 Å². The number of halogens is 4. The highest BCUT2D eigenvalue weighted by Gasteiger charge is 2.50. The number of nitrogens with one attached hydrogen (secondary N) is 2. The number of likely N-dealkylation sites (tertiary alicyclic amines) is 1. The first kappa shape index (κ1) is 39.3. The molecule has 7 rings (SSSR count). The van der Waals surface area contributed by atoms with Crippen LogP contribution in [0.1, 0.15) is 67.7 Å². The van der Waals surface area contributed by atoms with Gasteiger partial charge in [0.1, 0.15) is 17.2 Å². The second-order valence-corrected chi connectivity index (χ2v) is 15.2. The van der Waals surface area contributed by atoms with Gasteiger partial charge in [-0.15, -0.1) is 0 Å². The van der Waals surface area contributed by atoms with Gasteiger partial charge in [0.05, 0.1) is 30.5 Å². The molecule has 4 fully saturated rings. The minimum Gasteiger partial charge on any atom is -0.481 e. The Morgan fingerprint density at radius 3 is 2.45 bits per heavy atom. The van der Waals surface area contributed by atoms with Gasteiger partial charge in [-0.2, -0.15) is 18.2 Å². The van der Waals surface area contributed by atoms with Crippen molar-refractivity contribution in [3.8, 4) is 28.9 Å². The quantitative estimate of drug-likeness (QED) is 0.164. The van der Waals surface area contributed by atoms with E-state index in [-0.39, 0.29) is 29.4 Å². The highest BCUT2D eigenvalue weighted by atomic mass is 35.5. The van der Waals surface area contributed by atoms with E-state index in [0.29, 0.717) is 66.4 Å². The van der Waals surface area contributed by atoms with Crippen molar-refractivity contribution < 1.29 is 42.1 Å². The summed E-state index contributed by atoms with van der Waals surface area (Å²) in [5, 5.41) is 15.9. The van der Waals surface area contributed by atoms with Crippen LogP contribution in [0.3, 0.4) is 0 Å². The minimum atomic E-state index is -4.82. The number of aromatic nitrogens is 2. The second kappa shape index (κ2) is 15.2. The summed E-state index contributed by atoms with van der Waals surface area (Å²) >= 11 is 7.12. The fourth-order valence-corrected chi connectivity index (χ4v) is 8.38. The lowest BCUT2D eigenvalue weighted by atomic mass is 9.88. The molecule has 2 aliphatic carbocycles. The molecular weight excluding hydrogens is 751 g/mol. The molecule has 0 bridgehead atoms. The maximum absolute atomic E-state index is 14.5. The summed E-state index contributed by atoms with van der Waals surface area (Å²) in [5.41, 5.74) is 2.92. The lowest BCUT2D eigenvalue weighted by molar-refractivity contribution is -0.141. The number of amides is 1. The van der Waals surface area contributed by atoms with Gasteiger partial charge in [-0.05, 0) is 73.4 Å². The molecule has 56 heavy (non-hydrogen) atoms. The number of hydrogen-bond acceptors (Lipinski definition) is 9. The third kappa shape index (κ3) is 7.61. The molecule has 1 spiro atoms. The van der Waals surface area contributed by atoms with Crippen molar-refractivity contribution in [2.75, 3.05) is 27.3 Å². The van der Waals surface area contributed by atoms with Crippen LogP contribution in [0.2, 0.25) is 5.02 Å². The van der Waals surface area contributed by atoms with Gasteiger partial charge in [0.25, 0.3) is 0 Å². The first-order chi connectivity index (χ1) is 26.7. The van der Waals surface area contributed by atoms with Crippen molar-refractivity contribution >= 4 is 29.1 Å². The predicted molar refractivity (Wildman–Crippen MR) is 203 cm³/mol. The summed E-state index contributed by atoms with van der Waals surface area (Å²) in [4.78, 5) is 34.6. The van der Waals surface area contributed by atoms with E-state index in [1.165, 1.54) is 7.11 Å². The van der Waals surface area contributed by atoms with Gasteiger partial charge in [0.2, 0.25) is 23.5 Å². The molecule has 2 saturated carbocycles. The molecule has 0 unspecified atom stereocenters. The van der Waals surface area contributed by atoms with Gasteiger partial charge < -0.3 is 24.6 Å². The zero-order valence-corrected chi connectivity index (χ0v) is 32.1. The van der Waals surface area contributed by atoms with Crippen molar-refractivity contribution in [2.45, 2.75) is 81.9 Å². The van der Waals surface area contributed by atoms with Crippen molar-refractivity contribution in [3.63, 3.8) is 0 Å². The normalized spacial score (nSPS) is 21.4. The van der Waals surface area contributed by atoms with Crippen LogP contribution < -0.4 is 24.8 Å². The summed E-state index contributed by atoms with van der Waals surface area (Å²) in [6.07, 6.45) is 0.667. The van der Waals surface area contributed by atoms with E-state index in [2.05, 4.69) is 27.1 Å². The van der Waals surface area contributed by atoms with Crippen LogP contribution in [0.25, 0.3) is 16.8 Å². The minimum absolute atomic E-state index is 0.0605. The molecular formula is C41H43ClF3N5O6. The number of ether oxygens (including phenoxy) is 3. The number of methoxy groups -OCH3 is 2. The molecule has 296 valence electrons. The lowest BCUT2D eigenvalue weighted by Gasteiger charge is -2.48. The number of alkyl halides is 3. The molecule has 0 radical (unpaired) electrons. The summed E-state index contributed by atoms with van der Waals surface area (Å²) in [5.74, 6) is -1.23. The number of benzene rings is 1. The number of hydrogen-bond donors (Lipinski definition) is 3. The van der Waals surface area contributed by atoms with Crippen LogP contribution in [-0.4, -0.2) is 76.3 Å². The summed E-state index contributed by atoms with van der Waals surface area (Å²) in [6.45, 7) is 7.74. The van der Waals surface area contributed by atoms with Gasteiger partial charge in [0.15, 0.2) is 0 Å². The van der Waals surface area contributed by atoms with Crippen LogP contribution in [0.5, 0.6) is 17.6 Å². The number of aliphatic carboxylic acids is 1. The van der Waals surface area contributed by atoms with Crippen molar-refractivity contribution in [1.29, 1.82) is 0 Å². The summed E-state index contributed by atoms with van der Waals surface area (Å²) in [6, 6.07) is 10.4. The standard InChI is InChI=1S/C41H43ClF3N5O6/c1-5-7-28-26(11-13-32(28)56-37-30(41(43,44)45)18-25(36(48-37)55-4)19-46-40(16-17-40)38(52)53)23(2)27-8-6-9-29(34(27)42)31-12-10-24(35(47-31)54-3)20-50-21-39(22-50)15-14-33(51)49-39/h5-10,12,18,32,46H,1,11,13-17,19-22H2,2-4H3,(H,49,51)(H,52,53)/b26-23+,28-7+/t32-/m0/s1. The first-order valence-electron chi connectivity index (χ1n) is 18.4. The zero-order chi connectivity index (χ0) is 40.0. The first-order valence-corrected chi connectivity index (χ1v) is 18.8. The van der Waals surface area contributed by atoms with Gasteiger partial charge >= 0.3 is 12.1 Å². The third-order valence-electron chi connectivity index (χ3n) is 11.2. The topological polar surface area (TPSA) is 135 Å². The largest absolute Gasteiger partial charge is 0.481 e. The van der Waals surface area contributed by atoms with E-state index in [4.69, 9.17) is 30.8 Å². The van der Waals surface area contributed by atoms with E-state index < -0.39 is 35.2 Å². The highest BCUT2D eigenvalue weighted by molar-refractivity contribution is 6.35. The Morgan fingerprint density at radius 1 is 1.09 bits per heavy atom. The molecule has 4 heterocycles. The van der Waals surface area contributed by atoms with Crippen LogP contribution in [0.15, 0.2) is 66.3 Å². The number of rotatable bonds is 13. The molecule has 3 aromatic rings. The van der Waals surface area contributed by atoms with E-state index >= 15 is 0 Å². The molecule has 2 aromatic heterocycles. The number of nitrogens with zero attached hydrogens (tertiary/aromatic N) is 3. The Balaban J connectivity index is 1.13. The van der Waals surface area contributed by atoms with Crippen molar-refractivity contribution in [1.82, 2.24) is 25.5 Å². The molecule has 15 heteroatoms. The van der Waals surface area contributed by atoms with E-state index in [1.54, 1.807) is 19.3 Å². The monoisotopic (exact) mass is 793 g/mol. The van der Waals surface area contributed by atoms with Crippen LogP contribution in [0.4, 0.5) is 13.2 Å². The van der Waals surface area contributed by atoms with Crippen LogP contribution in [0, 0.1) is 0 Å². The molecule has 2 saturated heterocycles. The molecule has 2 aliphatic heterocycles. The Kier molecular flexibility index (Phi) is 10.7. The van der Waals surface area contributed by atoms with Gasteiger partial charge in [-0.3, -0.25) is 19.8 Å². The smallest absolute Gasteiger partial charge is 0.421 e. The van der Waals surface area contributed by atoms with E-state index in [9.17, 15) is 27.9 Å². The predicted octanol–water partition coefficient (Wildman–Crippen LogP) is 7.13. The number of carboxylic acids is 1. The Hall–Kier alpha value is -4.92. The molecule has 4 aliphatic rings. The SMILES string of the molecule is C=C/C=C1\C(=C(/C)c2cccc(-c3ccc(CN4CC5(CCC(=O)N5)C4)c(OC)n3)c2Cl)CC[C@@H]1Oc1nc(OC)c(CNC2(C(=O)O)CC2)cc1C(F)(F)F. The van der Waals surface area contributed by atoms with Crippen molar-refractivity contribution in [2.24, 2.45) is 0 Å². The fourth-order valence-electron chi connectivity index (χ4n) is 8.01. The maximum atomic E-state index is 14.5. The number of pyridine rings is 2. The molecule has 11 nitrogen and oxygen atoms in total. The van der Waals surface area contributed by atoms with Gasteiger partial charge in [0, 0.05) is 49.3 Å².